The molecule has 0 aliphatic rings. The molecule has 0 heterocycles. The third-order valence-electron chi connectivity index (χ3n) is 7.51. The van der Waals surface area contributed by atoms with E-state index in [9.17, 15) is 0 Å². The van der Waals surface area contributed by atoms with E-state index in [2.05, 4.69) is 140 Å². The summed E-state index contributed by atoms with van der Waals surface area (Å²) in [7, 11) is 0. The number of aryl methyl sites for hydroxylation is 2. The first-order valence-corrected chi connectivity index (χ1v) is 13.1. The van der Waals surface area contributed by atoms with Gasteiger partial charge in [-0.1, -0.05) is 138 Å². The van der Waals surface area contributed by atoms with E-state index in [0.29, 0.717) is 0 Å². The monoisotopic (exact) mass is 470 g/mol. The molecule has 0 amide bonds. The first-order valence-electron chi connectivity index (χ1n) is 13.1. The zero-order chi connectivity index (χ0) is 25.8. The summed E-state index contributed by atoms with van der Waals surface area (Å²) in [5.74, 6) is 0. The smallest absolute Gasteiger partial charge is 0.00202 e. The Kier molecular flexibility index (Phi) is 5.83. The van der Waals surface area contributed by atoms with Crippen molar-refractivity contribution in [1.82, 2.24) is 0 Å². The second-order valence-electron chi connectivity index (χ2n) is 12.5. The molecule has 36 heavy (non-hydrogen) atoms. The molecule has 0 fully saturated rings. The minimum atomic E-state index is 0.128. The molecule has 5 aromatic carbocycles. The summed E-state index contributed by atoms with van der Waals surface area (Å²) in [5.41, 5.74) is 10.8. The Morgan fingerprint density at radius 3 is 1.03 bits per heavy atom. The molecule has 0 aliphatic heterocycles. The Hall–Kier alpha value is -3.38. The van der Waals surface area contributed by atoms with E-state index in [1.165, 1.54) is 66.1 Å². The van der Waals surface area contributed by atoms with E-state index in [0.717, 1.165) is 0 Å². The largest absolute Gasteiger partial charge is 0.0587 e. The second-order valence-corrected chi connectivity index (χ2v) is 12.5. The maximum Gasteiger partial charge on any atom is -0.00202 e. The van der Waals surface area contributed by atoms with Crippen molar-refractivity contribution in [2.24, 2.45) is 0 Å². The van der Waals surface area contributed by atoms with Crippen molar-refractivity contribution in [2.45, 2.75) is 66.2 Å². The van der Waals surface area contributed by atoms with Crippen molar-refractivity contribution in [3.63, 3.8) is 0 Å². The van der Waals surface area contributed by atoms with Crippen LogP contribution in [0.2, 0.25) is 0 Å². The van der Waals surface area contributed by atoms with E-state index >= 15 is 0 Å². The molecule has 0 aliphatic carbocycles. The maximum absolute atomic E-state index is 2.37. The zero-order valence-corrected chi connectivity index (χ0v) is 23.1. The standard InChI is InChI=1S/C36H38/c1-23-9-19-29-30-20-10-24(2)22-32(30)34(26-13-17-28(18-14-26)36(6,7)8)33(31(29)21-23)25-11-15-27(16-12-25)35(3,4)5/h9-22H,1-8H3. The molecule has 0 radical (unpaired) electrons. The number of benzene rings is 5. The molecule has 0 unspecified atom stereocenters. The predicted octanol–water partition coefficient (Wildman–Crippen LogP) is 10.5. The minimum absolute atomic E-state index is 0.128. The van der Waals surface area contributed by atoms with E-state index in [-0.39, 0.29) is 10.8 Å². The molecule has 0 nitrogen and oxygen atoms in total. The number of hydrogen-bond acceptors (Lipinski definition) is 0. The quantitative estimate of drug-likeness (QED) is 0.225. The van der Waals surface area contributed by atoms with Crippen LogP contribution < -0.4 is 0 Å². The van der Waals surface area contributed by atoms with Crippen molar-refractivity contribution in [3.05, 3.63) is 107 Å². The van der Waals surface area contributed by atoms with Gasteiger partial charge in [-0.3, -0.25) is 0 Å². The Balaban J connectivity index is 1.91. The Bertz CT molecular complexity index is 1440. The molecular formula is C36H38. The van der Waals surface area contributed by atoms with E-state index in [1.54, 1.807) is 0 Å². The Morgan fingerprint density at radius 2 is 0.722 bits per heavy atom. The van der Waals surface area contributed by atoms with Gasteiger partial charge in [0.1, 0.15) is 0 Å². The van der Waals surface area contributed by atoms with Gasteiger partial charge in [0.2, 0.25) is 0 Å². The number of rotatable bonds is 2. The third kappa shape index (κ3) is 4.35. The summed E-state index contributed by atoms with van der Waals surface area (Å²) in [6.07, 6.45) is 0. The topological polar surface area (TPSA) is 0 Å². The molecule has 0 atom stereocenters. The van der Waals surface area contributed by atoms with Crippen LogP contribution in [0.4, 0.5) is 0 Å². The molecule has 182 valence electrons. The molecular weight excluding hydrogens is 432 g/mol. The zero-order valence-electron chi connectivity index (χ0n) is 23.1. The van der Waals surface area contributed by atoms with Crippen molar-refractivity contribution < 1.29 is 0 Å². The molecule has 5 aromatic rings. The van der Waals surface area contributed by atoms with Crippen LogP contribution in [0.15, 0.2) is 84.9 Å². The highest BCUT2D eigenvalue weighted by Gasteiger charge is 2.20. The van der Waals surface area contributed by atoms with Crippen LogP contribution >= 0.6 is 0 Å². The lowest BCUT2D eigenvalue weighted by Gasteiger charge is -2.23. The van der Waals surface area contributed by atoms with E-state index < -0.39 is 0 Å². The summed E-state index contributed by atoms with van der Waals surface area (Å²) in [6.45, 7) is 18.1. The van der Waals surface area contributed by atoms with Crippen LogP contribution in [0.3, 0.4) is 0 Å². The van der Waals surface area contributed by atoms with Crippen LogP contribution in [-0.2, 0) is 10.8 Å². The molecule has 0 N–H and O–H groups in total. The molecule has 0 saturated carbocycles. The average molecular weight is 471 g/mol. The lowest BCUT2D eigenvalue weighted by Crippen LogP contribution is -2.10. The fourth-order valence-corrected chi connectivity index (χ4v) is 5.34. The predicted molar refractivity (Wildman–Crippen MR) is 159 cm³/mol. The SMILES string of the molecule is Cc1ccc2c(c1)c(-c1ccc(C(C)(C)C)cc1)c(-c1ccc(C(C)(C)C)cc1)c1cc(C)ccc12. The number of fused-ring (bicyclic) bond motifs is 3. The van der Waals surface area contributed by atoms with Crippen molar-refractivity contribution in [1.29, 1.82) is 0 Å². The first kappa shape index (κ1) is 24.3. The minimum Gasteiger partial charge on any atom is -0.0587 e. The average Bonchev–Trinajstić information content (AvgIpc) is 2.82. The number of hydrogen-bond donors (Lipinski definition) is 0. The van der Waals surface area contributed by atoms with Gasteiger partial charge in [0.15, 0.2) is 0 Å². The maximum atomic E-state index is 2.37. The summed E-state index contributed by atoms with van der Waals surface area (Å²) < 4.78 is 0. The molecule has 0 heteroatoms. The second kappa shape index (κ2) is 8.63. The molecule has 5 rings (SSSR count). The van der Waals surface area contributed by atoms with Gasteiger partial charge >= 0.3 is 0 Å². The van der Waals surface area contributed by atoms with Crippen molar-refractivity contribution >= 4 is 21.5 Å². The van der Waals surface area contributed by atoms with Gasteiger partial charge < -0.3 is 0 Å². The van der Waals surface area contributed by atoms with Crippen LogP contribution in [0.25, 0.3) is 43.8 Å². The fourth-order valence-electron chi connectivity index (χ4n) is 5.34. The summed E-state index contributed by atoms with van der Waals surface area (Å²) in [4.78, 5) is 0. The van der Waals surface area contributed by atoms with Gasteiger partial charge in [-0.05, 0) is 79.6 Å². The first-order chi connectivity index (χ1) is 16.9. The third-order valence-corrected chi connectivity index (χ3v) is 7.51. The Labute approximate surface area is 217 Å². The van der Waals surface area contributed by atoms with E-state index in [1.807, 2.05) is 0 Å². The highest BCUT2D eigenvalue weighted by molar-refractivity contribution is 6.21. The van der Waals surface area contributed by atoms with Crippen molar-refractivity contribution in [3.8, 4) is 22.3 Å². The Morgan fingerprint density at radius 1 is 0.389 bits per heavy atom. The normalized spacial score (nSPS) is 12.4. The van der Waals surface area contributed by atoms with Crippen LogP contribution in [-0.4, -0.2) is 0 Å². The van der Waals surface area contributed by atoms with Gasteiger partial charge in [0.05, 0.1) is 0 Å². The lowest BCUT2D eigenvalue weighted by molar-refractivity contribution is 0.590. The molecule has 0 bridgehead atoms. The van der Waals surface area contributed by atoms with Gasteiger partial charge in [0.25, 0.3) is 0 Å². The van der Waals surface area contributed by atoms with E-state index in [4.69, 9.17) is 0 Å². The van der Waals surface area contributed by atoms with Crippen molar-refractivity contribution in [2.75, 3.05) is 0 Å². The van der Waals surface area contributed by atoms with Crippen LogP contribution in [0.5, 0.6) is 0 Å². The van der Waals surface area contributed by atoms with Gasteiger partial charge in [-0.25, -0.2) is 0 Å². The highest BCUT2D eigenvalue weighted by atomic mass is 14.2. The van der Waals surface area contributed by atoms with Gasteiger partial charge in [-0.15, -0.1) is 0 Å². The fraction of sp³-hybridized carbons (Fsp3) is 0.278. The summed E-state index contributed by atoms with van der Waals surface area (Å²) >= 11 is 0. The summed E-state index contributed by atoms with van der Waals surface area (Å²) in [5, 5.41) is 5.29. The summed E-state index contributed by atoms with van der Waals surface area (Å²) in [6, 6.07) is 32.4. The van der Waals surface area contributed by atoms with Crippen LogP contribution in [0, 0.1) is 13.8 Å². The molecule has 0 saturated heterocycles. The lowest BCUT2D eigenvalue weighted by atomic mass is 9.81. The molecule has 0 aromatic heterocycles. The van der Waals surface area contributed by atoms with Crippen LogP contribution in [0.1, 0.15) is 63.8 Å². The van der Waals surface area contributed by atoms with Gasteiger partial charge in [0, 0.05) is 0 Å². The molecule has 0 spiro atoms. The van der Waals surface area contributed by atoms with Gasteiger partial charge in [-0.2, -0.15) is 0 Å². The highest BCUT2D eigenvalue weighted by Crippen LogP contribution is 2.45.